The van der Waals surface area contributed by atoms with Gasteiger partial charge in [0, 0.05) is 25.7 Å². The van der Waals surface area contributed by atoms with Gasteiger partial charge in [0.15, 0.2) is 0 Å². The average molecular weight is 410 g/mol. The monoisotopic (exact) mass is 409 g/mol. The molecule has 8 heteroatoms. The Morgan fingerprint density at radius 3 is 2.62 bits per heavy atom. The third-order valence-electron chi connectivity index (χ3n) is 4.98. The van der Waals surface area contributed by atoms with Crippen LogP contribution in [0.4, 0.5) is 11.6 Å². The number of rotatable bonds is 5. The lowest BCUT2D eigenvalue weighted by atomic mass is 10.00. The van der Waals surface area contributed by atoms with Gasteiger partial charge in [0.2, 0.25) is 10.0 Å². The summed E-state index contributed by atoms with van der Waals surface area (Å²) in [6, 6.07) is 17.2. The lowest BCUT2D eigenvalue weighted by Gasteiger charge is -2.30. The molecule has 7 nitrogen and oxygen atoms in total. The molecule has 1 aliphatic rings. The molecule has 0 unspecified atom stereocenters. The second-order valence-electron chi connectivity index (χ2n) is 7.14. The fourth-order valence-corrected chi connectivity index (χ4v) is 4.06. The number of benzene rings is 2. The summed E-state index contributed by atoms with van der Waals surface area (Å²) >= 11 is 0. The van der Waals surface area contributed by atoms with Crippen molar-refractivity contribution in [3.05, 3.63) is 77.1 Å². The second kappa shape index (κ2) is 7.81. The van der Waals surface area contributed by atoms with Crippen LogP contribution in [-0.2, 0) is 29.5 Å². The Morgan fingerprint density at radius 2 is 1.86 bits per heavy atom. The molecule has 1 aromatic heterocycles. The Bertz CT molecular complexity index is 1130. The fourth-order valence-electron chi connectivity index (χ4n) is 3.50. The van der Waals surface area contributed by atoms with Crippen molar-refractivity contribution in [1.29, 1.82) is 0 Å². The predicted octanol–water partition coefficient (Wildman–Crippen LogP) is 2.61. The van der Waals surface area contributed by atoms with Gasteiger partial charge in [-0.3, -0.25) is 0 Å². The van der Waals surface area contributed by atoms with Crippen molar-refractivity contribution in [3.8, 4) is 0 Å². The van der Waals surface area contributed by atoms with Crippen LogP contribution >= 0.6 is 0 Å². The number of nitrogens with two attached hydrogens (primary N) is 1. The van der Waals surface area contributed by atoms with Gasteiger partial charge in [-0.25, -0.2) is 23.5 Å². The van der Waals surface area contributed by atoms with E-state index in [9.17, 15) is 8.42 Å². The molecule has 2 heterocycles. The number of nitrogens with zero attached hydrogens (tertiary/aromatic N) is 3. The molecule has 1 aliphatic heterocycles. The predicted molar refractivity (Wildman–Crippen MR) is 113 cm³/mol. The summed E-state index contributed by atoms with van der Waals surface area (Å²) in [7, 11) is -3.72. The minimum atomic E-state index is -3.72. The minimum absolute atomic E-state index is 0.141. The van der Waals surface area contributed by atoms with Crippen molar-refractivity contribution in [1.82, 2.24) is 9.97 Å². The smallest absolute Gasteiger partial charge is 0.238 e. The highest BCUT2D eigenvalue weighted by molar-refractivity contribution is 7.89. The van der Waals surface area contributed by atoms with Gasteiger partial charge in [-0.1, -0.05) is 36.4 Å². The van der Waals surface area contributed by atoms with E-state index in [1.54, 1.807) is 12.1 Å². The van der Waals surface area contributed by atoms with E-state index in [0.717, 1.165) is 35.7 Å². The minimum Gasteiger partial charge on any atom is -0.366 e. The summed E-state index contributed by atoms with van der Waals surface area (Å²) in [4.78, 5) is 11.4. The molecular formula is C21H23N5O2S. The highest BCUT2D eigenvalue weighted by Gasteiger charge is 2.20. The lowest BCUT2D eigenvalue weighted by molar-refractivity contribution is 0.597. The van der Waals surface area contributed by atoms with E-state index >= 15 is 0 Å². The van der Waals surface area contributed by atoms with E-state index < -0.39 is 10.0 Å². The Kier molecular flexibility index (Phi) is 5.21. The quantitative estimate of drug-likeness (QED) is 0.672. The number of hydrogen-bond acceptors (Lipinski definition) is 6. The number of nitrogens with one attached hydrogen (secondary N) is 1. The van der Waals surface area contributed by atoms with Crippen LogP contribution < -0.4 is 15.4 Å². The highest BCUT2D eigenvalue weighted by Crippen LogP contribution is 2.26. The summed E-state index contributed by atoms with van der Waals surface area (Å²) < 4.78 is 23.4. The first-order valence-electron chi connectivity index (χ1n) is 9.41. The maximum atomic E-state index is 11.7. The third-order valence-corrected chi connectivity index (χ3v) is 5.89. The maximum absolute atomic E-state index is 11.7. The zero-order valence-electron chi connectivity index (χ0n) is 16.2. The number of aromatic nitrogens is 2. The molecule has 2 aromatic carbocycles. The number of primary sulfonamides is 1. The molecule has 29 heavy (non-hydrogen) atoms. The Labute approximate surface area is 170 Å². The number of fused-ring (bicyclic) bond motifs is 1. The van der Waals surface area contributed by atoms with Crippen LogP contribution in [0.5, 0.6) is 0 Å². The van der Waals surface area contributed by atoms with Gasteiger partial charge in [-0.05, 0) is 42.2 Å². The molecule has 0 aliphatic carbocycles. The molecule has 0 bridgehead atoms. The normalized spacial score (nSPS) is 13.8. The summed E-state index contributed by atoms with van der Waals surface area (Å²) in [6.45, 7) is 3.93. The van der Waals surface area contributed by atoms with Gasteiger partial charge < -0.3 is 10.2 Å². The molecule has 0 amide bonds. The van der Waals surface area contributed by atoms with Crippen LogP contribution in [0.15, 0.2) is 59.5 Å². The molecule has 0 saturated carbocycles. The van der Waals surface area contributed by atoms with Crippen LogP contribution in [0.1, 0.15) is 22.5 Å². The average Bonchev–Trinajstić information content (AvgIpc) is 2.71. The van der Waals surface area contributed by atoms with E-state index in [1.807, 2.05) is 37.3 Å². The molecule has 0 spiro atoms. The molecule has 0 fully saturated rings. The molecule has 4 rings (SSSR count). The van der Waals surface area contributed by atoms with Crippen LogP contribution in [0.25, 0.3) is 0 Å². The largest absolute Gasteiger partial charge is 0.366 e. The van der Waals surface area contributed by atoms with Gasteiger partial charge in [-0.15, -0.1) is 0 Å². The summed E-state index contributed by atoms with van der Waals surface area (Å²) in [5, 5.41) is 8.64. The topological polar surface area (TPSA) is 101 Å². The molecule has 0 saturated heterocycles. The lowest BCUT2D eigenvalue weighted by Crippen LogP contribution is -2.31. The van der Waals surface area contributed by atoms with Crippen LogP contribution in [-0.4, -0.2) is 24.9 Å². The second-order valence-corrected chi connectivity index (χ2v) is 8.71. The molecule has 3 N–H and O–H groups in total. The van der Waals surface area contributed by atoms with E-state index in [2.05, 4.69) is 32.3 Å². The number of aryl methyl sites for hydroxylation is 1. The van der Waals surface area contributed by atoms with E-state index in [-0.39, 0.29) is 4.90 Å². The summed E-state index contributed by atoms with van der Waals surface area (Å²) in [6.07, 6.45) is 0.816. The van der Waals surface area contributed by atoms with Gasteiger partial charge in [0.05, 0.1) is 4.90 Å². The first-order valence-corrected chi connectivity index (χ1v) is 11.0. The van der Waals surface area contributed by atoms with Crippen LogP contribution in [0.2, 0.25) is 0 Å². The van der Waals surface area contributed by atoms with Crippen molar-refractivity contribution in [2.75, 3.05) is 16.8 Å². The Morgan fingerprint density at radius 1 is 1.07 bits per heavy atom. The van der Waals surface area contributed by atoms with E-state index in [0.29, 0.717) is 18.9 Å². The third kappa shape index (κ3) is 4.55. The van der Waals surface area contributed by atoms with Gasteiger partial charge >= 0.3 is 0 Å². The highest BCUT2D eigenvalue weighted by atomic mass is 32.2. The van der Waals surface area contributed by atoms with Crippen LogP contribution in [0.3, 0.4) is 0 Å². The van der Waals surface area contributed by atoms with E-state index in [1.165, 1.54) is 5.56 Å². The molecule has 3 aromatic rings. The first-order chi connectivity index (χ1) is 13.9. The van der Waals surface area contributed by atoms with E-state index in [4.69, 9.17) is 5.14 Å². The molecule has 0 radical (unpaired) electrons. The molecule has 150 valence electrons. The van der Waals surface area contributed by atoms with Crippen molar-refractivity contribution < 1.29 is 8.42 Å². The standard InChI is InChI=1S/C21H23N5O2S/c1-15-24-20(23-13-16-5-3-2-4-6-16)12-21(25-15)26-10-9-17-7-8-19(29(22,27)28)11-18(17)14-26/h2-8,11-12H,9-10,13-14H2,1H3,(H2,22,27,28)(H,23,24,25). The zero-order valence-corrected chi connectivity index (χ0v) is 17.0. The van der Waals surface area contributed by atoms with Gasteiger partial charge in [-0.2, -0.15) is 0 Å². The van der Waals surface area contributed by atoms with Crippen molar-refractivity contribution in [2.24, 2.45) is 5.14 Å². The number of hydrogen-bond donors (Lipinski definition) is 2. The Balaban J connectivity index is 1.55. The summed E-state index contributed by atoms with van der Waals surface area (Å²) in [5.41, 5.74) is 3.27. The molecule has 0 atom stereocenters. The molecular weight excluding hydrogens is 386 g/mol. The Hall–Kier alpha value is -2.97. The maximum Gasteiger partial charge on any atom is 0.238 e. The first kappa shape index (κ1) is 19.4. The number of sulfonamides is 1. The van der Waals surface area contributed by atoms with Gasteiger partial charge in [0.1, 0.15) is 17.5 Å². The van der Waals surface area contributed by atoms with Gasteiger partial charge in [0.25, 0.3) is 0 Å². The fraction of sp³-hybridized carbons (Fsp3) is 0.238. The van der Waals surface area contributed by atoms with Crippen LogP contribution in [0, 0.1) is 6.92 Å². The van der Waals surface area contributed by atoms with Crippen molar-refractivity contribution in [3.63, 3.8) is 0 Å². The summed E-state index contributed by atoms with van der Waals surface area (Å²) in [5.74, 6) is 2.27. The zero-order chi connectivity index (χ0) is 20.4. The SMILES string of the molecule is Cc1nc(NCc2ccccc2)cc(N2CCc3ccc(S(N)(=O)=O)cc3C2)n1. The van der Waals surface area contributed by atoms with Crippen molar-refractivity contribution in [2.45, 2.75) is 31.3 Å². The van der Waals surface area contributed by atoms with Crippen molar-refractivity contribution >= 4 is 21.7 Å². The number of anilines is 2.